The summed E-state index contributed by atoms with van der Waals surface area (Å²) < 4.78 is 84.4. The van der Waals surface area contributed by atoms with Gasteiger partial charge in [-0.25, -0.2) is 36.8 Å². The van der Waals surface area contributed by atoms with Crippen molar-refractivity contribution in [2.45, 2.75) is 83.0 Å². The number of anilines is 1. The second kappa shape index (κ2) is 13.6. The monoisotopic (exact) mass is 629 g/mol. The fraction of sp³-hybridized carbons (Fsp3) is 0.739. The first kappa shape index (κ1) is 33.6. The summed E-state index contributed by atoms with van der Waals surface area (Å²) in [5.41, 5.74) is 2.21. The van der Waals surface area contributed by atoms with Gasteiger partial charge in [0, 0.05) is 12.1 Å². The standard InChI is InChI=1S/C23H34F2N3O13P/c1-11(2)39-21(31)34-9-37-42(33,38-10-35-22(32)40-12(3)4)36-8-23(13(5)24)19(29)16(25)15-17(18(15)41-23)28-7-6-14(26)27-20(28)30/h6-7,11-13,15-19,29H,8-10H2,1-5H3,(H2,26,27,30)/t13?,15?,16-,17?,18+,19-,23-/m0/s1. The number of aromatic nitrogens is 2. The Balaban J connectivity index is 1.76. The third kappa shape index (κ3) is 7.93. The number of aliphatic hydroxyl groups is 1. The number of hydrogen-bond donors (Lipinski definition) is 2. The van der Waals surface area contributed by atoms with Crippen molar-refractivity contribution < 1.29 is 65.3 Å². The van der Waals surface area contributed by atoms with Crippen molar-refractivity contribution in [1.29, 1.82) is 0 Å². The van der Waals surface area contributed by atoms with Gasteiger partial charge in [0.1, 0.15) is 24.3 Å². The molecule has 1 aromatic rings. The molecule has 3 rings (SSSR count). The van der Waals surface area contributed by atoms with Crippen LogP contribution in [-0.2, 0) is 41.8 Å². The molecule has 7 atom stereocenters. The van der Waals surface area contributed by atoms with E-state index in [1.807, 2.05) is 0 Å². The lowest BCUT2D eigenvalue weighted by molar-refractivity contribution is -0.227. The number of alkyl halides is 2. The number of carbonyl (C=O) groups excluding carboxylic acids is 2. The zero-order chi connectivity index (χ0) is 31.4. The second-order valence-electron chi connectivity index (χ2n) is 9.99. The van der Waals surface area contributed by atoms with Crippen molar-refractivity contribution in [3.05, 3.63) is 22.7 Å². The van der Waals surface area contributed by atoms with Gasteiger partial charge in [0.05, 0.1) is 31.0 Å². The summed E-state index contributed by atoms with van der Waals surface area (Å²) in [6, 6.07) is 0.336. The number of halogens is 2. The molecule has 2 aliphatic rings. The quantitative estimate of drug-likeness (QED) is 0.182. The summed E-state index contributed by atoms with van der Waals surface area (Å²) in [4.78, 5) is 39.1. The van der Waals surface area contributed by atoms with E-state index in [4.69, 9.17) is 33.5 Å². The number of carbonyl (C=O) groups is 2. The van der Waals surface area contributed by atoms with Gasteiger partial charge in [0.15, 0.2) is 5.60 Å². The van der Waals surface area contributed by atoms with E-state index in [0.29, 0.717) is 0 Å². The maximum atomic E-state index is 15.4. The number of hydrogen-bond acceptors (Lipinski definition) is 15. The number of phosphoric acid groups is 1. The minimum absolute atomic E-state index is 0.0728. The van der Waals surface area contributed by atoms with E-state index < -0.39 is 100 Å². The van der Waals surface area contributed by atoms with Crippen molar-refractivity contribution >= 4 is 26.0 Å². The first-order valence-electron chi connectivity index (χ1n) is 12.8. The Hall–Kier alpha value is -2.89. The van der Waals surface area contributed by atoms with Gasteiger partial charge in [0.25, 0.3) is 0 Å². The Morgan fingerprint density at radius 1 is 1.12 bits per heavy atom. The lowest BCUT2D eigenvalue weighted by Crippen LogP contribution is -2.61. The molecule has 2 fully saturated rings. The largest absolute Gasteiger partial charge is 0.510 e. The fourth-order valence-corrected chi connectivity index (χ4v) is 5.14. The predicted octanol–water partition coefficient (Wildman–Crippen LogP) is 2.39. The zero-order valence-electron chi connectivity index (χ0n) is 23.4. The number of nitrogens with zero attached hydrogens (tertiary/aromatic N) is 2. The van der Waals surface area contributed by atoms with E-state index in [1.54, 1.807) is 0 Å². The van der Waals surface area contributed by atoms with Gasteiger partial charge >= 0.3 is 25.8 Å². The van der Waals surface area contributed by atoms with E-state index in [0.717, 1.165) is 11.5 Å². The van der Waals surface area contributed by atoms with E-state index in [1.165, 1.54) is 40.0 Å². The van der Waals surface area contributed by atoms with Crippen LogP contribution in [0, 0.1) is 5.92 Å². The topological polar surface area (TPSA) is 206 Å². The lowest BCUT2D eigenvalue weighted by atomic mass is 9.86. The first-order valence-corrected chi connectivity index (χ1v) is 14.3. The molecule has 0 spiro atoms. The number of nitrogens with two attached hydrogens (primary N) is 1. The molecular weight excluding hydrogens is 595 g/mol. The third-order valence-corrected chi connectivity index (χ3v) is 7.52. The molecule has 42 heavy (non-hydrogen) atoms. The maximum absolute atomic E-state index is 15.4. The molecule has 1 aliphatic heterocycles. The number of aliphatic hydroxyl groups excluding tert-OH is 1. The normalized spacial score (nSPS) is 27.7. The SMILES string of the molecule is CC(C)OC(=O)OCOP(=O)(OCOC(=O)OC(C)C)OC[C@@]1(C(C)F)O[C@@H]2C(C2n2ccc(N)nc2=O)[C@H](F)[C@@H]1O. The molecule has 3 unspecified atom stereocenters. The van der Waals surface area contributed by atoms with Crippen molar-refractivity contribution in [2.24, 2.45) is 5.92 Å². The zero-order valence-corrected chi connectivity index (χ0v) is 24.3. The Labute approximate surface area is 238 Å². The molecular formula is C23H34F2N3O13P. The molecule has 1 saturated carbocycles. The van der Waals surface area contributed by atoms with Crippen LogP contribution in [-0.4, -0.2) is 89.5 Å². The van der Waals surface area contributed by atoms with Crippen molar-refractivity contribution in [3.63, 3.8) is 0 Å². The highest BCUT2D eigenvalue weighted by Crippen LogP contribution is 2.58. The van der Waals surface area contributed by atoms with Gasteiger partial charge in [0.2, 0.25) is 13.6 Å². The van der Waals surface area contributed by atoms with Gasteiger partial charge in [-0.1, -0.05) is 0 Å². The number of fused-ring (bicyclic) bond motifs is 1. The van der Waals surface area contributed by atoms with Crippen LogP contribution in [0.25, 0.3) is 0 Å². The van der Waals surface area contributed by atoms with E-state index >= 15 is 8.78 Å². The Kier molecular flexibility index (Phi) is 10.9. The van der Waals surface area contributed by atoms with E-state index in [2.05, 4.69) is 14.5 Å². The van der Waals surface area contributed by atoms with Crippen LogP contribution in [0.1, 0.15) is 40.7 Å². The average molecular weight is 630 g/mol. The van der Waals surface area contributed by atoms with Crippen molar-refractivity contribution in [2.75, 3.05) is 25.9 Å². The third-order valence-electron chi connectivity index (χ3n) is 6.23. The molecule has 238 valence electrons. The summed E-state index contributed by atoms with van der Waals surface area (Å²) in [5.74, 6) is -1.12. The van der Waals surface area contributed by atoms with Crippen LogP contribution in [0.2, 0.25) is 0 Å². The van der Waals surface area contributed by atoms with Crippen LogP contribution < -0.4 is 11.4 Å². The molecule has 0 amide bonds. The van der Waals surface area contributed by atoms with Gasteiger partial charge in [-0.05, 0) is 40.7 Å². The molecule has 1 aliphatic carbocycles. The summed E-state index contributed by atoms with van der Waals surface area (Å²) in [6.07, 6.45) is -9.81. The predicted molar refractivity (Wildman–Crippen MR) is 135 cm³/mol. The Bertz CT molecular complexity index is 1190. The Morgan fingerprint density at radius 2 is 1.67 bits per heavy atom. The summed E-state index contributed by atoms with van der Waals surface area (Å²) in [6.45, 7) is 3.83. The van der Waals surface area contributed by atoms with Crippen LogP contribution in [0.4, 0.5) is 24.2 Å². The molecule has 1 aromatic heterocycles. The van der Waals surface area contributed by atoms with Gasteiger partial charge in [-0.15, -0.1) is 0 Å². The highest BCUT2D eigenvalue weighted by Gasteiger charge is 2.70. The number of ether oxygens (including phenoxy) is 5. The van der Waals surface area contributed by atoms with E-state index in [-0.39, 0.29) is 5.82 Å². The second-order valence-corrected chi connectivity index (χ2v) is 11.7. The number of rotatable bonds is 13. The average Bonchev–Trinajstić information content (AvgIpc) is 3.57. The highest BCUT2D eigenvalue weighted by molar-refractivity contribution is 7.48. The molecule has 2 heterocycles. The van der Waals surface area contributed by atoms with Crippen LogP contribution in [0.15, 0.2) is 17.1 Å². The summed E-state index contributed by atoms with van der Waals surface area (Å²) in [7, 11) is -4.91. The highest BCUT2D eigenvalue weighted by atomic mass is 31.2. The molecule has 3 N–H and O–H groups in total. The van der Waals surface area contributed by atoms with Gasteiger partial charge in [-0.2, -0.15) is 4.98 Å². The fourth-order valence-electron chi connectivity index (χ4n) is 4.19. The molecule has 19 heteroatoms. The minimum Gasteiger partial charge on any atom is -0.432 e. The number of phosphoric ester groups is 1. The smallest absolute Gasteiger partial charge is 0.432 e. The van der Waals surface area contributed by atoms with Crippen LogP contribution >= 0.6 is 7.82 Å². The first-order chi connectivity index (χ1) is 19.6. The van der Waals surface area contributed by atoms with Crippen molar-refractivity contribution in [3.8, 4) is 0 Å². The molecule has 0 bridgehead atoms. The van der Waals surface area contributed by atoms with Crippen LogP contribution in [0.5, 0.6) is 0 Å². The summed E-state index contributed by atoms with van der Waals surface area (Å²) >= 11 is 0. The Morgan fingerprint density at radius 3 is 2.14 bits per heavy atom. The van der Waals surface area contributed by atoms with Crippen LogP contribution in [0.3, 0.4) is 0 Å². The molecule has 0 aromatic carbocycles. The summed E-state index contributed by atoms with van der Waals surface area (Å²) in [5, 5.41) is 10.8. The molecule has 0 radical (unpaired) electrons. The van der Waals surface area contributed by atoms with E-state index in [9.17, 15) is 24.1 Å². The van der Waals surface area contributed by atoms with Gasteiger partial charge in [-0.3, -0.25) is 9.09 Å². The lowest BCUT2D eigenvalue weighted by Gasteiger charge is -2.43. The molecule has 1 saturated heterocycles. The number of nitrogen functional groups attached to an aromatic ring is 1. The maximum Gasteiger partial charge on any atom is 0.510 e. The minimum atomic E-state index is -4.91. The van der Waals surface area contributed by atoms with Crippen molar-refractivity contribution in [1.82, 2.24) is 9.55 Å². The van der Waals surface area contributed by atoms with Gasteiger partial charge < -0.3 is 34.5 Å². The molecule has 16 nitrogen and oxygen atoms in total.